The number of ether oxygens (including phenoxy) is 4. The summed E-state index contributed by atoms with van der Waals surface area (Å²) >= 11 is 0. The monoisotopic (exact) mass is 526 g/mol. The first-order valence-corrected chi connectivity index (χ1v) is 14.0. The molecule has 2 unspecified atom stereocenters. The van der Waals surface area contributed by atoms with Gasteiger partial charge in [0.1, 0.15) is 18.5 Å². The highest BCUT2D eigenvalue weighted by Crippen LogP contribution is 2.26. The van der Waals surface area contributed by atoms with Crippen LogP contribution < -0.4 is 4.74 Å². The molecule has 1 aliphatic heterocycles. The van der Waals surface area contributed by atoms with Crippen molar-refractivity contribution in [1.29, 1.82) is 0 Å². The summed E-state index contributed by atoms with van der Waals surface area (Å²) in [7, 11) is -3.83. The minimum absolute atomic E-state index is 0.0882. The van der Waals surface area contributed by atoms with Crippen LogP contribution >= 0.6 is 0 Å². The molecule has 0 aromatic heterocycles. The van der Waals surface area contributed by atoms with Crippen LogP contribution in [-0.4, -0.2) is 41.1 Å². The van der Waals surface area contributed by atoms with E-state index >= 15 is 0 Å². The highest BCUT2D eigenvalue weighted by molar-refractivity contribution is 7.86. The lowest BCUT2D eigenvalue weighted by Gasteiger charge is -2.28. The molecule has 198 valence electrons. The zero-order valence-corrected chi connectivity index (χ0v) is 21.9. The average Bonchev–Trinajstić information content (AvgIpc) is 2.93. The maximum Gasteiger partial charge on any atom is 0.297 e. The standard InChI is InChI=1S/C29H34O7S/c1-23-10-16-27(17-11-23)37(30,31)35-20-19-32-22-28(36-29-9-5-6-18-33-29)25-12-14-26(15-13-25)34-21-24-7-3-2-4-8-24/h2-4,7-8,10-17,28-29H,5-6,9,18-22H2,1H3. The number of hydrogen-bond acceptors (Lipinski definition) is 7. The Hall–Kier alpha value is -2.75. The van der Waals surface area contributed by atoms with Crippen LogP contribution in [0.3, 0.4) is 0 Å². The van der Waals surface area contributed by atoms with E-state index in [9.17, 15) is 8.42 Å². The zero-order chi connectivity index (χ0) is 25.9. The highest BCUT2D eigenvalue weighted by atomic mass is 32.2. The van der Waals surface area contributed by atoms with Crippen molar-refractivity contribution in [2.75, 3.05) is 26.4 Å². The average molecular weight is 527 g/mol. The molecule has 2 atom stereocenters. The summed E-state index contributed by atoms with van der Waals surface area (Å²) in [6.45, 7) is 3.31. The predicted octanol–water partition coefficient (Wildman–Crippen LogP) is 5.58. The molecule has 1 aliphatic rings. The number of hydrogen-bond donors (Lipinski definition) is 0. The third-order valence-corrected chi connectivity index (χ3v) is 7.33. The Morgan fingerprint density at radius 2 is 1.68 bits per heavy atom. The Morgan fingerprint density at radius 1 is 0.919 bits per heavy atom. The molecule has 7 nitrogen and oxygen atoms in total. The molecule has 0 saturated carbocycles. The van der Waals surface area contributed by atoms with E-state index in [4.69, 9.17) is 23.1 Å². The van der Waals surface area contributed by atoms with Gasteiger partial charge >= 0.3 is 0 Å². The van der Waals surface area contributed by atoms with Crippen molar-refractivity contribution in [2.24, 2.45) is 0 Å². The van der Waals surface area contributed by atoms with Gasteiger partial charge in [0.05, 0.1) is 24.7 Å². The quantitative estimate of drug-likeness (QED) is 0.212. The summed E-state index contributed by atoms with van der Waals surface area (Å²) in [5.74, 6) is 0.760. The molecule has 1 heterocycles. The first kappa shape index (κ1) is 27.3. The van der Waals surface area contributed by atoms with E-state index in [1.54, 1.807) is 12.1 Å². The molecule has 3 aromatic carbocycles. The molecule has 3 aromatic rings. The number of benzene rings is 3. The number of aryl methyl sites for hydroxylation is 1. The lowest BCUT2D eigenvalue weighted by atomic mass is 10.1. The highest BCUT2D eigenvalue weighted by Gasteiger charge is 2.22. The first-order chi connectivity index (χ1) is 18.0. The maximum absolute atomic E-state index is 12.4. The molecule has 0 aliphatic carbocycles. The largest absolute Gasteiger partial charge is 0.489 e. The molecule has 1 saturated heterocycles. The van der Waals surface area contributed by atoms with Gasteiger partial charge in [0, 0.05) is 6.61 Å². The smallest absolute Gasteiger partial charge is 0.297 e. The van der Waals surface area contributed by atoms with Gasteiger partial charge in [-0.1, -0.05) is 60.2 Å². The van der Waals surface area contributed by atoms with Gasteiger partial charge in [0.25, 0.3) is 10.1 Å². The van der Waals surface area contributed by atoms with Crippen LogP contribution in [0.1, 0.15) is 42.1 Å². The number of rotatable bonds is 13. The van der Waals surface area contributed by atoms with Crippen molar-refractivity contribution in [2.45, 2.75) is 50.1 Å². The lowest BCUT2D eigenvalue weighted by molar-refractivity contribution is -0.200. The fraction of sp³-hybridized carbons (Fsp3) is 0.379. The van der Waals surface area contributed by atoms with Gasteiger partial charge in [-0.2, -0.15) is 8.42 Å². The van der Waals surface area contributed by atoms with Crippen LogP contribution in [0, 0.1) is 6.92 Å². The summed E-state index contributed by atoms with van der Waals surface area (Å²) in [6.07, 6.45) is 2.23. The van der Waals surface area contributed by atoms with E-state index in [1.165, 1.54) is 12.1 Å². The molecule has 37 heavy (non-hydrogen) atoms. The van der Waals surface area contributed by atoms with Crippen LogP contribution in [0.25, 0.3) is 0 Å². The zero-order valence-electron chi connectivity index (χ0n) is 21.1. The molecule has 0 bridgehead atoms. The van der Waals surface area contributed by atoms with Crippen molar-refractivity contribution >= 4 is 10.1 Å². The molecular formula is C29H34O7S. The topological polar surface area (TPSA) is 80.3 Å². The predicted molar refractivity (Wildman–Crippen MR) is 140 cm³/mol. The first-order valence-electron chi connectivity index (χ1n) is 12.6. The molecule has 1 fully saturated rings. The van der Waals surface area contributed by atoms with Gasteiger partial charge in [-0.15, -0.1) is 0 Å². The fourth-order valence-electron chi connectivity index (χ4n) is 3.90. The van der Waals surface area contributed by atoms with Gasteiger partial charge in [-0.3, -0.25) is 4.18 Å². The minimum atomic E-state index is -3.83. The third kappa shape index (κ3) is 8.66. The Morgan fingerprint density at radius 3 is 2.38 bits per heavy atom. The molecular weight excluding hydrogens is 492 g/mol. The SMILES string of the molecule is Cc1ccc(S(=O)(=O)OCCOCC(OC2CCCCO2)c2ccc(OCc3ccccc3)cc2)cc1. The molecule has 0 spiro atoms. The molecule has 0 amide bonds. The Balaban J connectivity index is 1.30. The summed E-state index contributed by atoms with van der Waals surface area (Å²) in [5.41, 5.74) is 3.00. The Labute approximate surface area is 219 Å². The van der Waals surface area contributed by atoms with Crippen LogP contribution in [0.15, 0.2) is 83.8 Å². The van der Waals surface area contributed by atoms with Crippen LogP contribution in [-0.2, 0) is 35.1 Å². The van der Waals surface area contributed by atoms with Gasteiger partial charge in [-0.25, -0.2) is 0 Å². The van der Waals surface area contributed by atoms with Crippen LogP contribution in [0.5, 0.6) is 5.75 Å². The van der Waals surface area contributed by atoms with Crippen LogP contribution in [0.2, 0.25) is 0 Å². The molecule has 4 rings (SSSR count). The van der Waals surface area contributed by atoms with Crippen molar-refractivity contribution < 1.29 is 31.5 Å². The van der Waals surface area contributed by atoms with E-state index in [2.05, 4.69) is 0 Å². The summed E-state index contributed by atoms with van der Waals surface area (Å²) in [6, 6.07) is 24.3. The second-order valence-electron chi connectivity index (χ2n) is 8.93. The third-order valence-electron chi connectivity index (χ3n) is 6.00. The second-order valence-corrected chi connectivity index (χ2v) is 10.5. The minimum Gasteiger partial charge on any atom is -0.489 e. The van der Waals surface area contributed by atoms with E-state index < -0.39 is 10.1 Å². The fourth-order valence-corrected chi connectivity index (χ4v) is 4.79. The van der Waals surface area contributed by atoms with E-state index in [0.717, 1.165) is 41.7 Å². The summed E-state index contributed by atoms with van der Waals surface area (Å²) < 4.78 is 53.5. The summed E-state index contributed by atoms with van der Waals surface area (Å²) in [4.78, 5) is 0.128. The molecule has 8 heteroatoms. The van der Waals surface area contributed by atoms with Gasteiger partial charge in [-0.05, 0) is 61.6 Å². The molecule has 0 radical (unpaired) electrons. The van der Waals surface area contributed by atoms with Crippen LogP contribution in [0.4, 0.5) is 0 Å². The van der Waals surface area contributed by atoms with Crippen molar-refractivity contribution in [1.82, 2.24) is 0 Å². The van der Waals surface area contributed by atoms with Crippen molar-refractivity contribution in [3.8, 4) is 5.75 Å². The van der Waals surface area contributed by atoms with Gasteiger partial charge in [0.2, 0.25) is 0 Å². The normalized spacial score (nSPS) is 16.8. The second kappa shape index (κ2) is 13.7. The van der Waals surface area contributed by atoms with E-state index in [-0.39, 0.29) is 37.1 Å². The Kier molecular flexibility index (Phi) is 10.1. The molecule has 0 N–H and O–H groups in total. The van der Waals surface area contributed by atoms with E-state index in [0.29, 0.717) is 13.2 Å². The van der Waals surface area contributed by atoms with Gasteiger partial charge in [0.15, 0.2) is 6.29 Å². The summed E-state index contributed by atoms with van der Waals surface area (Å²) in [5, 5.41) is 0. The maximum atomic E-state index is 12.4. The Bertz CT molecular complexity index is 1170. The van der Waals surface area contributed by atoms with Crippen molar-refractivity contribution in [3.63, 3.8) is 0 Å². The van der Waals surface area contributed by atoms with E-state index in [1.807, 2.05) is 61.5 Å². The lowest BCUT2D eigenvalue weighted by Crippen LogP contribution is -2.26. The van der Waals surface area contributed by atoms with Gasteiger partial charge < -0.3 is 18.9 Å². The van der Waals surface area contributed by atoms with Crippen molar-refractivity contribution in [3.05, 3.63) is 95.6 Å².